The second kappa shape index (κ2) is 6.31. The van der Waals surface area contributed by atoms with Crippen molar-refractivity contribution in [2.45, 2.75) is 13.3 Å². The Morgan fingerprint density at radius 3 is 2.88 bits per heavy atom. The Hall–Kier alpha value is -2.90. The van der Waals surface area contributed by atoms with Crippen molar-refractivity contribution in [1.82, 2.24) is 15.3 Å². The first-order chi connectivity index (χ1) is 11.5. The van der Waals surface area contributed by atoms with Gasteiger partial charge in [-0.05, 0) is 18.2 Å². The zero-order chi connectivity index (χ0) is 17.3. The standard InChI is InChI=1S/C16H18N4O4/c1-9(7-13(21)24-2)14(22)10-3-4-11-12(8-10)19-15(18-11)20-6-5-17-16(20)23/h3-4,8-9H,5-7H2,1-2H3,(H,17,23)(H,18,19). The van der Waals surface area contributed by atoms with Crippen LogP contribution in [0.1, 0.15) is 23.7 Å². The third-order valence-corrected chi connectivity index (χ3v) is 4.01. The maximum absolute atomic E-state index is 12.4. The van der Waals surface area contributed by atoms with Crippen molar-refractivity contribution in [3.63, 3.8) is 0 Å². The lowest BCUT2D eigenvalue weighted by Crippen LogP contribution is -2.28. The van der Waals surface area contributed by atoms with Crippen LogP contribution in [0, 0.1) is 5.92 Å². The second-order valence-electron chi connectivity index (χ2n) is 5.72. The number of esters is 1. The quantitative estimate of drug-likeness (QED) is 0.638. The summed E-state index contributed by atoms with van der Waals surface area (Å²) in [4.78, 5) is 44.4. The van der Waals surface area contributed by atoms with Crippen molar-refractivity contribution in [1.29, 1.82) is 0 Å². The average Bonchev–Trinajstić information content (AvgIpc) is 3.18. The van der Waals surface area contributed by atoms with Gasteiger partial charge in [-0.2, -0.15) is 0 Å². The van der Waals surface area contributed by atoms with E-state index in [0.29, 0.717) is 35.6 Å². The number of amides is 2. The molecule has 0 saturated carbocycles. The zero-order valence-corrected chi connectivity index (χ0v) is 13.5. The molecular formula is C16H18N4O4. The molecule has 1 aliphatic rings. The van der Waals surface area contributed by atoms with Gasteiger partial charge in [-0.1, -0.05) is 6.92 Å². The van der Waals surface area contributed by atoms with E-state index in [9.17, 15) is 14.4 Å². The number of ketones is 1. The number of benzene rings is 1. The number of Topliss-reactive ketones (excluding diaryl/α,β-unsaturated/α-hetero) is 1. The molecule has 2 heterocycles. The van der Waals surface area contributed by atoms with E-state index in [4.69, 9.17) is 0 Å². The molecule has 1 aromatic heterocycles. The molecule has 126 valence electrons. The molecule has 1 atom stereocenters. The summed E-state index contributed by atoms with van der Waals surface area (Å²) in [5.74, 6) is -0.577. The Bertz CT molecular complexity index is 814. The van der Waals surface area contributed by atoms with Crippen LogP contribution in [0.5, 0.6) is 0 Å². The van der Waals surface area contributed by atoms with Crippen LogP contribution in [0.4, 0.5) is 10.7 Å². The monoisotopic (exact) mass is 330 g/mol. The van der Waals surface area contributed by atoms with E-state index in [2.05, 4.69) is 20.0 Å². The van der Waals surface area contributed by atoms with Gasteiger partial charge in [0.15, 0.2) is 5.78 Å². The van der Waals surface area contributed by atoms with Gasteiger partial charge in [0.2, 0.25) is 5.95 Å². The number of nitrogens with zero attached hydrogens (tertiary/aromatic N) is 2. The molecule has 1 aromatic carbocycles. The molecule has 2 aromatic rings. The van der Waals surface area contributed by atoms with Gasteiger partial charge in [0.1, 0.15) is 0 Å². The summed E-state index contributed by atoms with van der Waals surface area (Å²) in [5.41, 5.74) is 1.82. The molecule has 1 unspecified atom stereocenters. The SMILES string of the molecule is COC(=O)CC(C)C(=O)c1ccc2nc(N3CCNC3=O)[nH]c2c1. The normalized spacial score (nSPS) is 15.4. The number of carbonyl (C=O) groups is 3. The summed E-state index contributed by atoms with van der Waals surface area (Å²) in [7, 11) is 1.30. The molecule has 0 aliphatic carbocycles. The van der Waals surface area contributed by atoms with E-state index in [1.54, 1.807) is 25.1 Å². The van der Waals surface area contributed by atoms with Crippen LogP contribution in [0.25, 0.3) is 11.0 Å². The number of hydrogen-bond acceptors (Lipinski definition) is 5. The molecule has 1 aliphatic heterocycles. The number of aromatic nitrogens is 2. The second-order valence-corrected chi connectivity index (χ2v) is 5.72. The van der Waals surface area contributed by atoms with Crippen LogP contribution in [0.3, 0.4) is 0 Å². The Labute approximate surface area is 138 Å². The fourth-order valence-corrected chi connectivity index (χ4v) is 2.66. The smallest absolute Gasteiger partial charge is 0.324 e. The Balaban J connectivity index is 1.84. The van der Waals surface area contributed by atoms with Crippen molar-refractivity contribution in [2.24, 2.45) is 5.92 Å². The number of hydrogen-bond donors (Lipinski definition) is 2. The summed E-state index contributed by atoms with van der Waals surface area (Å²) in [6.45, 7) is 2.81. The van der Waals surface area contributed by atoms with Gasteiger partial charge in [-0.15, -0.1) is 0 Å². The predicted octanol–water partition coefficient (Wildman–Crippen LogP) is 1.47. The van der Waals surface area contributed by atoms with Crippen molar-refractivity contribution in [3.8, 4) is 0 Å². The maximum Gasteiger partial charge on any atom is 0.324 e. The highest BCUT2D eigenvalue weighted by atomic mass is 16.5. The minimum Gasteiger partial charge on any atom is -0.469 e. The van der Waals surface area contributed by atoms with E-state index in [1.165, 1.54) is 12.0 Å². The number of nitrogens with one attached hydrogen (secondary N) is 2. The highest BCUT2D eigenvalue weighted by molar-refractivity contribution is 6.02. The molecule has 0 spiro atoms. The maximum atomic E-state index is 12.4. The van der Waals surface area contributed by atoms with Crippen LogP contribution in [0.2, 0.25) is 0 Å². The van der Waals surface area contributed by atoms with Crippen molar-refractivity contribution < 1.29 is 19.1 Å². The third kappa shape index (κ3) is 2.94. The third-order valence-electron chi connectivity index (χ3n) is 4.01. The number of H-pyrrole nitrogens is 1. The van der Waals surface area contributed by atoms with Crippen LogP contribution >= 0.6 is 0 Å². The van der Waals surface area contributed by atoms with Gasteiger partial charge in [0.25, 0.3) is 0 Å². The van der Waals surface area contributed by atoms with Gasteiger partial charge >= 0.3 is 12.0 Å². The average molecular weight is 330 g/mol. The summed E-state index contributed by atoms with van der Waals surface area (Å²) >= 11 is 0. The molecule has 0 bridgehead atoms. The molecule has 2 N–H and O–H groups in total. The van der Waals surface area contributed by atoms with Crippen molar-refractivity contribution in [3.05, 3.63) is 23.8 Å². The summed E-state index contributed by atoms with van der Waals surface area (Å²) in [6.07, 6.45) is 0.0372. The van der Waals surface area contributed by atoms with Gasteiger partial charge < -0.3 is 15.0 Å². The Morgan fingerprint density at radius 1 is 1.42 bits per heavy atom. The molecular weight excluding hydrogens is 312 g/mol. The predicted molar refractivity (Wildman–Crippen MR) is 87.0 cm³/mol. The minimum absolute atomic E-state index is 0.0372. The molecule has 2 amide bonds. The summed E-state index contributed by atoms with van der Waals surface area (Å²) in [5, 5.41) is 2.71. The lowest BCUT2D eigenvalue weighted by Gasteiger charge is -2.09. The molecule has 8 heteroatoms. The molecule has 8 nitrogen and oxygen atoms in total. The van der Waals surface area contributed by atoms with Crippen molar-refractivity contribution >= 4 is 34.8 Å². The van der Waals surface area contributed by atoms with Gasteiger partial charge in [0, 0.05) is 24.6 Å². The lowest BCUT2D eigenvalue weighted by molar-refractivity contribution is -0.141. The van der Waals surface area contributed by atoms with Crippen LogP contribution < -0.4 is 10.2 Å². The number of anilines is 1. The summed E-state index contributed by atoms with van der Waals surface area (Å²) in [6, 6.07) is 4.89. The minimum atomic E-state index is -0.471. The molecule has 1 fully saturated rings. The number of aromatic amines is 1. The topological polar surface area (TPSA) is 104 Å². The van der Waals surface area contributed by atoms with E-state index >= 15 is 0 Å². The highest BCUT2D eigenvalue weighted by Crippen LogP contribution is 2.22. The number of fused-ring (bicyclic) bond motifs is 1. The number of urea groups is 1. The van der Waals surface area contributed by atoms with Crippen molar-refractivity contribution in [2.75, 3.05) is 25.1 Å². The van der Waals surface area contributed by atoms with Gasteiger partial charge in [0.05, 0.1) is 24.6 Å². The number of rotatable bonds is 5. The first-order valence-electron chi connectivity index (χ1n) is 7.65. The zero-order valence-electron chi connectivity index (χ0n) is 13.5. The fourth-order valence-electron chi connectivity index (χ4n) is 2.66. The van der Waals surface area contributed by atoms with Crippen LogP contribution in [-0.4, -0.2) is 48.0 Å². The van der Waals surface area contributed by atoms with E-state index in [-0.39, 0.29) is 18.2 Å². The molecule has 0 radical (unpaired) electrons. The molecule has 3 rings (SSSR count). The largest absolute Gasteiger partial charge is 0.469 e. The highest BCUT2D eigenvalue weighted by Gasteiger charge is 2.24. The first kappa shape index (κ1) is 16.0. The van der Waals surface area contributed by atoms with E-state index in [0.717, 1.165) is 0 Å². The Kier molecular flexibility index (Phi) is 4.20. The number of imidazole rings is 1. The van der Waals surface area contributed by atoms with Gasteiger partial charge in [-0.3, -0.25) is 14.5 Å². The van der Waals surface area contributed by atoms with Crippen LogP contribution in [-0.2, 0) is 9.53 Å². The van der Waals surface area contributed by atoms with E-state index in [1.807, 2.05) is 0 Å². The number of carbonyl (C=O) groups excluding carboxylic acids is 3. The van der Waals surface area contributed by atoms with Crippen LogP contribution in [0.15, 0.2) is 18.2 Å². The number of methoxy groups -OCH3 is 1. The fraction of sp³-hybridized carbons (Fsp3) is 0.375. The summed E-state index contributed by atoms with van der Waals surface area (Å²) < 4.78 is 4.60. The lowest BCUT2D eigenvalue weighted by atomic mass is 9.96. The molecule has 24 heavy (non-hydrogen) atoms. The molecule has 1 saturated heterocycles. The Morgan fingerprint density at radius 2 is 2.21 bits per heavy atom. The first-order valence-corrected chi connectivity index (χ1v) is 7.65. The number of ether oxygens (including phenoxy) is 1. The van der Waals surface area contributed by atoms with E-state index < -0.39 is 11.9 Å². The van der Waals surface area contributed by atoms with Gasteiger partial charge in [-0.25, -0.2) is 9.78 Å².